The van der Waals surface area contributed by atoms with Crippen LogP contribution in [0.5, 0.6) is 0 Å². The molecule has 0 aromatic rings. The zero-order valence-electron chi connectivity index (χ0n) is 21.7. The van der Waals surface area contributed by atoms with Gasteiger partial charge in [0.1, 0.15) is 18.4 Å². The van der Waals surface area contributed by atoms with Gasteiger partial charge < -0.3 is 29.6 Å². The largest absolute Gasteiger partial charge is 0.467 e. The monoisotopic (exact) mass is 516 g/mol. The van der Waals surface area contributed by atoms with Crippen molar-refractivity contribution in [3.63, 3.8) is 0 Å². The second kappa shape index (κ2) is 14.7. The lowest BCUT2D eigenvalue weighted by molar-refractivity contribution is -0.203. The van der Waals surface area contributed by atoms with Gasteiger partial charge in [-0.3, -0.25) is 4.79 Å². The lowest BCUT2D eigenvalue weighted by atomic mass is 9.92. The Hall–Kier alpha value is -3.74. The Kier molecular flexibility index (Phi) is 11.7. The zero-order valence-corrected chi connectivity index (χ0v) is 21.7. The molecule has 1 fully saturated rings. The first-order chi connectivity index (χ1) is 17.6. The van der Waals surface area contributed by atoms with Crippen LogP contribution in [-0.2, 0) is 33.3 Å². The van der Waals surface area contributed by atoms with Gasteiger partial charge >= 0.3 is 18.0 Å². The Morgan fingerprint density at radius 2 is 2.08 bits per heavy atom. The predicted octanol–water partition coefficient (Wildman–Crippen LogP) is 2.90. The fourth-order valence-corrected chi connectivity index (χ4v) is 4.12. The summed E-state index contributed by atoms with van der Waals surface area (Å²) in [6, 6.07) is -0.885. The summed E-state index contributed by atoms with van der Waals surface area (Å²) in [4.78, 5) is 47.3. The molecule has 3 atom stereocenters. The molecule has 0 spiro atoms. The molecule has 1 saturated carbocycles. The molecule has 3 unspecified atom stereocenters. The zero-order chi connectivity index (χ0) is 27.3. The smallest absolute Gasteiger partial charge is 0.408 e. The predicted molar refractivity (Wildman–Crippen MR) is 134 cm³/mol. The van der Waals surface area contributed by atoms with E-state index in [1.807, 2.05) is 6.08 Å². The highest BCUT2D eigenvalue weighted by Gasteiger charge is 2.30. The maximum Gasteiger partial charge on any atom is 0.408 e. The fourth-order valence-electron chi connectivity index (χ4n) is 4.12. The molecule has 2 N–H and O–H groups in total. The number of hydrogen-bond acceptors (Lipinski definition) is 8. The minimum Gasteiger partial charge on any atom is -0.467 e. The van der Waals surface area contributed by atoms with Gasteiger partial charge in [-0.2, -0.15) is 0 Å². The Bertz CT molecular complexity index is 973. The number of ether oxygens (including phenoxy) is 4. The first-order valence-electron chi connectivity index (χ1n) is 12.3. The average Bonchev–Trinajstić information content (AvgIpc) is 3.28. The van der Waals surface area contributed by atoms with Crippen LogP contribution in [0, 0.1) is 23.7 Å². The van der Waals surface area contributed by atoms with Crippen LogP contribution in [0.2, 0.25) is 0 Å². The molecule has 1 heterocycles. The number of carbonyl (C=O) groups excluding carboxylic acids is 4. The Morgan fingerprint density at radius 3 is 2.78 bits per heavy atom. The summed E-state index contributed by atoms with van der Waals surface area (Å²) in [5.41, 5.74) is 0. The van der Waals surface area contributed by atoms with Gasteiger partial charge in [0.2, 0.25) is 5.79 Å². The van der Waals surface area contributed by atoms with Crippen molar-refractivity contribution in [1.82, 2.24) is 10.6 Å². The summed E-state index contributed by atoms with van der Waals surface area (Å²) in [6.45, 7) is 7.12. The molecule has 1 aliphatic heterocycles. The van der Waals surface area contributed by atoms with E-state index in [1.165, 1.54) is 19.3 Å². The van der Waals surface area contributed by atoms with Crippen LogP contribution in [0.15, 0.2) is 36.6 Å². The molecular weight excluding hydrogens is 480 g/mol. The lowest BCUT2D eigenvalue weighted by Gasteiger charge is -2.29. The van der Waals surface area contributed by atoms with Crippen molar-refractivity contribution in [2.75, 3.05) is 20.3 Å². The third-order valence-electron chi connectivity index (χ3n) is 5.83. The molecule has 0 bridgehead atoms. The molecule has 202 valence electrons. The average molecular weight is 517 g/mol. The Morgan fingerprint density at radius 1 is 1.30 bits per heavy atom. The number of esters is 2. The second-order valence-corrected chi connectivity index (χ2v) is 9.19. The van der Waals surface area contributed by atoms with Crippen LogP contribution >= 0.6 is 0 Å². The number of methoxy groups -OCH3 is 1. The van der Waals surface area contributed by atoms with Gasteiger partial charge in [-0.05, 0) is 49.5 Å². The SMILES string of the molecule is C=CCOC(=O)NC(CCCNC(=O)C#CCC1CCCC1C=CC1=CC(=O)OC(C)(C)O1)C(=O)OC. The van der Waals surface area contributed by atoms with Crippen molar-refractivity contribution in [1.29, 1.82) is 0 Å². The Balaban J connectivity index is 1.76. The van der Waals surface area contributed by atoms with Crippen LogP contribution < -0.4 is 10.6 Å². The summed E-state index contributed by atoms with van der Waals surface area (Å²) in [6.07, 6.45) is 10.2. The van der Waals surface area contributed by atoms with Gasteiger partial charge in [0.25, 0.3) is 5.91 Å². The standard InChI is InChI=1S/C27H36N2O8/c1-5-17-35-26(33)29-22(25(32)34-4)12-8-16-28-23(30)13-7-11-19-9-6-10-20(19)14-15-21-18-24(31)37-27(2,3)36-21/h5,14-15,18-20,22H,1,6,8-12,16-17H2,2-4H3,(H,28,30)(H,29,33). The molecule has 2 amide bonds. The number of allylic oxidation sites excluding steroid dienone is 2. The van der Waals surface area contributed by atoms with Gasteiger partial charge in [-0.15, -0.1) is 0 Å². The van der Waals surface area contributed by atoms with Crippen molar-refractivity contribution >= 4 is 23.9 Å². The highest BCUT2D eigenvalue weighted by Crippen LogP contribution is 2.35. The molecular formula is C27H36N2O8. The van der Waals surface area contributed by atoms with Crippen molar-refractivity contribution in [3.8, 4) is 11.8 Å². The molecule has 2 rings (SSSR count). The molecule has 10 nitrogen and oxygen atoms in total. The molecule has 0 aromatic carbocycles. The molecule has 10 heteroatoms. The van der Waals surface area contributed by atoms with E-state index in [0.29, 0.717) is 24.5 Å². The van der Waals surface area contributed by atoms with E-state index in [0.717, 1.165) is 19.3 Å². The molecule has 2 aliphatic rings. The van der Waals surface area contributed by atoms with Gasteiger partial charge in [-0.1, -0.05) is 31.1 Å². The number of cyclic esters (lactones) is 1. The van der Waals surface area contributed by atoms with Crippen LogP contribution in [0.4, 0.5) is 4.79 Å². The van der Waals surface area contributed by atoms with Crippen LogP contribution in [0.3, 0.4) is 0 Å². The van der Waals surface area contributed by atoms with Crippen LogP contribution in [-0.4, -0.2) is 56.0 Å². The third kappa shape index (κ3) is 10.8. The van der Waals surface area contributed by atoms with Crippen LogP contribution in [0.25, 0.3) is 0 Å². The quantitative estimate of drug-likeness (QED) is 0.141. The van der Waals surface area contributed by atoms with Crippen molar-refractivity contribution in [3.05, 3.63) is 36.6 Å². The molecule has 37 heavy (non-hydrogen) atoms. The van der Waals surface area contributed by atoms with Gasteiger partial charge in [0.15, 0.2) is 0 Å². The highest BCUT2D eigenvalue weighted by molar-refractivity contribution is 5.93. The lowest BCUT2D eigenvalue weighted by Crippen LogP contribution is -2.42. The summed E-state index contributed by atoms with van der Waals surface area (Å²) >= 11 is 0. The van der Waals surface area contributed by atoms with E-state index in [9.17, 15) is 19.2 Å². The summed E-state index contributed by atoms with van der Waals surface area (Å²) in [7, 11) is 1.23. The van der Waals surface area contributed by atoms with Crippen LogP contribution in [0.1, 0.15) is 52.4 Å². The number of hydrogen-bond donors (Lipinski definition) is 2. The van der Waals surface area contributed by atoms with E-state index < -0.39 is 35.8 Å². The van der Waals surface area contributed by atoms with Gasteiger partial charge in [-0.25, -0.2) is 14.4 Å². The third-order valence-corrected chi connectivity index (χ3v) is 5.83. The summed E-state index contributed by atoms with van der Waals surface area (Å²) < 4.78 is 20.3. The topological polar surface area (TPSA) is 129 Å². The Labute approximate surface area is 217 Å². The number of carbonyl (C=O) groups is 4. The molecule has 1 aliphatic carbocycles. The molecule has 0 radical (unpaired) electrons. The maximum atomic E-state index is 12.1. The molecule has 0 aromatic heterocycles. The van der Waals surface area contributed by atoms with Crippen molar-refractivity contribution < 1.29 is 38.1 Å². The van der Waals surface area contributed by atoms with Crippen molar-refractivity contribution in [2.24, 2.45) is 11.8 Å². The van der Waals surface area contributed by atoms with E-state index in [4.69, 9.17) is 18.9 Å². The summed E-state index contributed by atoms with van der Waals surface area (Å²) in [5, 5.41) is 5.13. The number of amides is 2. The van der Waals surface area contributed by atoms with Crippen molar-refractivity contribution in [2.45, 2.75) is 64.2 Å². The van der Waals surface area contributed by atoms with Gasteiger partial charge in [0.05, 0.1) is 13.2 Å². The fraction of sp³-hybridized carbons (Fsp3) is 0.556. The number of nitrogens with one attached hydrogen (secondary N) is 2. The van der Waals surface area contributed by atoms with E-state index >= 15 is 0 Å². The highest BCUT2D eigenvalue weighted by atomic mass is 16.7. The second-order valence-electron chi connectivity index (χ2n) is 9.19. The van der Waals surface area contributed by atoms with E-state index in [2.05, 4.69) is 29.1 Å². The first kappa shape index (κ1) is 29.5. The van der Waals surface area contributed by atoms with E-state index in [1.54, 1.807) is 19.9 Å². The first-order valence-corrected chi connectivity index (χ1v) is 12.3. The number of alkyl carbamates (subject to hydrolysis) is 1. The number of rotatable bonds is 11. The molecule has 0 saturated heterocycles. The van der Waals surface area contributed by atoms with Gasteiger partial charge in [0, 0.05) is 26.8 Å². The minimum absolute atomic E-state index is 0.0215. The normalized spacial score (nSPS) is 20.8. The minimum atomic E-state index is -0.993. The van der Waals surface area contributed by atoms with E-state index in [-0.39, 0.29) is 25.5 Å². The summed E-state index contributed by atoms with van der Waals surface area (Å²) in [5.74, 6) is 4.22. The maximum absolute atomic E-state index is 12.1.